The van der Waals surface area contributed by atoms with Gasteiger partial charge in [-0.1, -0.05) is 24.3 Å². The molecule has 0 unspecified atom stereocenters. The van der Waals surface area contributed by atoms with Crippen molar-refractivity contribution in [2.24, 2.45) is 17.8 Å². The largest absolute Gasteiger partial charge is 0.507 e. The molecule has 2 saturated heterocycles. The van der Waals surface area contributed by atoms with E-state index in [-0.39, 0.29) is 31.5 Å². The minimum atomic E-state index is -0.985. The topological polar surface area (TPSA) is 126 Å². The van der Waals surface area contributed by atoms with Crippen LogP contribution >= 0.6 is 0 Å². The van der Waals surface area contributed by atoms with Gasteiger partial charge in [-0.05, 0) is 60.3 Å². The third-order valence-corrected chi connectivity index (χ3v) is 7.49. The van der Waals surface area contributed by atoms with Crippen LogP contribution in [0, 0.1) is 17.8 Å². The van der Waals surface area contributed by atoms with E-state index in [0.717, 1.165) is 23.9 Å². The van der Waals surface area contributed by atoms with Crippen LogP contribution in [0.4, 0.5) is 4.79 Å². The van der Waals surface area contributed by atoms with Crippen LogP contribution in [0.15, 0.2) is 59.8 Å². The lowest BCUT2D eigenvalue weighted by molar-refractivity contribution is -0.137. The number of fused-ring (bicyclic) bond motifs is 3. The van der Waals surface area contributed by atoms with E-state index in [0.29, 0.717) is 28.9 Å². The number of nitrogens with zero attached hydrogens (tertiary/aromatic N) is 2. The number of carbonyl (C=O) groups excluding carboxylic acids is 3. The molecule has 0 radical (unpaired) electrons. The Hall–Kier alpha value is -3.82. The SMILES string of the molecule is COC(=O)N1C(=O)[C@@H]2[C@@H](CC(CO)=C3[C@@H](CC/C(=C/c4ccccc4O)c4ccccn4)OC[C@@H]32)C1=O. The van der Waals surface area contributed by atoms with E-state index in [1.807, 2.05) is 36.4 Å². The van der Waals surface area contributed by atoms with Crippen LogP contribution in [-0.4, -0.2) is 64.4 Å². The normalized spacial score (nSPS) is 25.4. The first kappa shape index (κ1) is 24.9. The zero-order valence-corrected chi connectivity index (χ0v) is 20.4. The van der Waals surface area contributed by atoms with Gasteiger partial charge in [-0.15, -0.1) is 0 Å². The number of amides is 3. The third kappa shape index (κ3) is 4.45. The number of rotatable bonds is 6. The maximum absolute atomic E-state index is 13.1. The van der Waals surface area contributed by atoms with Crippen LogP contribution < -0.4 is 0 Å². The Morgan fingerprint density at radius 3 is 2.65 bits per heavy atom. The Morgan fingerprint density at radius 1 is 1.16 bits per heavy atom. The second-order valence-corrected chi connectivity index (χ2v) is 9.45. The van der Waals surface area contributed by atoms with Gasteiger partial charge in [0.1, 0.15) is 5.75 Å². The van der Waals surface area contributed by atoms with Gasteiger partial charge < -0.3 is 19.7 Å². The molecule has 0 bridgehead atoms. The quantitative estimate of drug-likeness (QED) is 0.454. The van der Waals surface area contributed by atoms with Crippen molar-refractivity contribution in [3.05, 3.63) is 71.1 Å². The first-order valence-corrected chi connectivity index (χ1v) is 12.2. The van der Waals surface area contributed by atoms with Crippen LogP contribution in [0.5, 0.6) is 5.75 Å². The molecule has 0 saturated carbocycles. The summed E-state index contributed by atoms with van der Waals surface area (Å²) >= 11 is 0. The number of aliphatic hydroxyl groups excluding tert-OH is 1. The number of methoxy groups -OCH3 is 1. The van der Waals surface area contributed by atoms with Gasteiger partial charge in [0.05, 0.1) is 44.0 Å². The van der Waals surface area contributed by atoms with Crippen LogP contribution in [0.3, 0.4) is 0 Å². The second-order valence-electron chi connectivity index (χ2n) is 9.45. The van der Waals surface area contributed by atoms with E-state index in [1.54, 1.807) is 18.3 Å². The molecule has 2 fully saturated rings. The zero-order chi connectivity index (χ0) is 26.1. The van der Waals surface area contributed by atoms with Crippen LogP contribution in [-0.2, 0) is 19.1 Å². The van der Waals surface area contributed by atoms with E-state index >= 15 is 0 Å². The summed E-state index contributed by atoms with van der Waals surface area (Å²) in [6.45, 7) is -0.0315. The smallest absolute Gasteiger partial charge is 0.423 e. The Morgan fingerprint density at radius 2 is 1.95 bits per heavy atom. The standard InChI is InChI=1S/C28H28N2O7/c1-36-28(35)30-26(33)19-13-18(14-31)24-20(25(19)27(30)34)15-37-23(24)10-9-16(21-7-4-5-11-29-21)12-17-6-2-3-8-22(17)32/h2-8,11-12,19-20,23,25,31-32H,9-10,13-15H2,1H3/b16-12-/t19-,20+,23-,25-/m1/s1. The maximum Gasteiger partial charge on any atom is 0.423 e. The number of hydrogen-bond donors (Lipinski definition) is 2. The number of ether oxygens (including phenoxy) is 2. The average Bonchev–Trinajstić information content (AvgIpc) is 3.45. The third-order valence-electron chi connectivity index (χ3n) is 7.49. The molecule has 2 aromatic rings. The molecule has 9 heteroatoms. The van der Waals surface area contributed by atoms with Crippen LogP contribution in [0.25, 0.3) is 11.6 Å². The fourth-order valence-corrected chi connectivity index (χ4v) is 5.80. The zero-order valence-electron chi connectivity index (χ0n) is 20.4. The molecule has 3 amide bonds. The number of para-hydroxylation sites is 1. The van der Waals surface area contributed by atoms with Crippen molar-refractivity contribution in [3.63, 3.8) is 0 Å². The number of phenolic OH excluding ortho intramolecular Hbond substituents is 1. The Labute approximate surface area is 214 Å². The summed E-state index contributed by atoms with van der Waals surface area (Å²) < 4.78 is 10.8. The lowest BCUT2D eigenvalue weighted by Gasteiger charge is -2.31. The number of aromatic hydroxyl groups is 1. The summed E-state index contributed by atoms with van der Waals surface area (Å²) in [5.41, 5.74) is 3.87. The number of carbonyl (C=O) groups is 3. The van der Waals surface area contributed by atoms with Gasteiger partial charge in [-0.2, -0.15) is 4.90 Å². The highest BCUT2D eigenvalue weighted by Crippen LogP contribution is 2.50. The van der Waals surface area contributed by atoms with Crippen LogP contribution in [0.1, 0.15) is 30.5 Å². The Kier molecular flexibility index (Phi) is 6.90. The fraction of sp³-hybridized carbons (Fsp3) is 0.357. The van der Waals surface area contributed by atoms with Crippen molar-refractivity contribution < 1.29 is 34.1 Å². The summed E-state index contributed by atoms with van der Waals surface area (Å²) in [7, 11) is 1.13. The number of pyridine rings is 1. The number of imide groups is 3. The lowest BCUT2D eigenvalue weighted by Crippen LogP contribution is -2.38. The van der Waals surface area contributed by atoms with Gasteiger partial charge in [-0.25, -0.2) is 4.79 Å². The minimum absolute atomic E-state index is 0.163. The first-order chi connectivity index (χ1) is 17.9. The van der Waals surface area contributed by atoms with Gasteiger partial charge in [0.2, 0.25) is 11.8 Å². The van der Waals surface area contributed by atoms with Gasteiger partial charge in [0, 0.05) is 17.7 Å². The molecule has 9 nitrogen and oxygen atoms in total. The predicted molar refractivity (Wildman–Crippen MR) is 133 cm³/mol. The molecule has 5 rings (SSSR count). The highest BCUT2D eigenvalue weighted by Gasteiger charge is 2.58. The van der Waals surface area contributed by atoms with E-state index < -0.39 is 35.7 Å². The maximum atomic E-state index is 13.1. The molecule has 2 N–H and O–H groups in total. The van der Waals surface area contributed by atoms with E-state index in [9.17, 15) is 24.6 Å². The van der Waals surface area contributed by atoms with E-state index in [2.05, 4.69) is 9.72 Å². The van der Waals surface area contributed by atoms with Gasteiger partial charge in [0.15, 0.2) is 0 Å². The summed E-state index contributed by atoms with van der Waals surface area (Å²) in [4.78, 5) is 43.2. The van der Waals surface area contributed by atoms with Crippen LogP contribution in [0.2, 0.25) is 0 Å². The number of aromatic nitrogens is 1. The van der Waals surface area contributed by atoms with Gasteiger partial charge in [0.25, 0.3) is 0 Å². The highest BCUT2D eigenvalue weighted by molar-refractivity contribution is 6.16. The molecule has 1 aliphatic carbocycles. The van der Waals surface area contributed by atoms with Crippen molar-refractivity contribution >= 4 is 29.6 Å². The molecule has 3 heterocycles. The summed E-state index contributed by atoms with van der Waals surface area (Å²) in [5.74, 6) is -2.81. The number of likely N-dealkylation sites (tertiary alicyclic amines) is 1. The molecule has 192 valence electrons. The fourth-order valence-electron chi connectivity index (χ4n) is 5.80. The molecule has 4 atom stereocenters. The van der Waals surface area contributed by atoms with Crippen molar-refractivity contribution in [1.29, 1.82) is 0 Å². The summed E-state index contributed by atoms with van der Waals surface area (Å²) in [5, 5.41) is 20.5. The lowest BCUT2D eigenvalue weighted by atomic mass is 9.69. The Bertz CT molecular complexity index is 1290. The monoisotopic (exact) mass is 504 g/mol. The Balaban J connectivity index is 1.42. The molecular weight excluding hydrogens is 476 g/mol. The number of aliphatic hydroxyl groups is 1. The number of phenols is 1. The highest BCUT2D eigenvalue weighted by atomic mass is 16.5. The van der Waals surface area contributed by atoms with Gasteiger partial charge >= 0.3 is 6.09 Å². The summed E-state index contributed by atoms with van der Waals surface area (Å²) in [6.07, 6.45) is 3.56. The average molecular weight is 505 g/mol. The van der Waals surface area contributed by atoms with Crippen molar-refractivity contribution in [3.8, 4) is 5.75 Å². The number of hydrogen-bond acceptors (Lipinski definition) is 8. The minimum Gasteiger partial charge on any atom is -0.507 e. The van der Waals surface area contributed by atoms with Crippen molar-refractivity contribution in [2.45, 2.75) is 25.4 Å². The van der Waals surface area contributed by atoms with E-state index in [1.165, 1.54) is 0 Å². The summed E-state index contributed by atoms with van der Waals surface area (Å²) in [6, 6.07) is 12.7. The molecular formula is C28H28N2O7. The second kappa shape index (κ2) is 10.3. The number of allylic oxidation sites excluding steroid dienone is 1. The van der Waals surface area contributed by atoms with Crippen molar-refractivity contribution in [1.82, 2.24) is 9.88 Å². The van der Waals surface area contributed by atoms with Crippen molar-refractivity contribution in [2.75, 3.05) is 20.3 Å². The molecule has 1 aromatic heterocycles. The molecule has 1 aromatic carbocycles. The van der Waals surface area contributed by atoms with Gasteiger partial charge in [-0.3, -0.25) is 14.6 Å². The van der Waals surface area contributed by atoms with E-state index in [4.69, 9.17) is 4.74 Å². The predicted octanol–water partition coefficient (Wildman–Crippen LogP) is 3.18. The first-order valence-electron chi connectivity index (χ1n) is 12.2. The molecule has 0 spiro atoms. The molecule has 2 aliphatic heterocycles. The number of benzene rings is 1. The molecule has 3 aliphatic rings. The molecule has 37 heavy (non-hydrogen) atoms.